The number of rotatable bonds is 5. The number of esters is 2. The molecule has 80 valence electrons. The Morgan fingerprint density at radius 2 is 1.79 bits per heavy atom. The molecule has 0 aliphatic heterocycles. The van der Waals surface area contributed by atoms with Gasteiger partial charge in [0.25, 0.3) is 0 Å². The third kappa shape index (κ3) is 6.19. The van der Waals surface area contributed by atoms with Crippen molar-refractivity contribution in [2.24, 2.45) is 0 Å². The second-order valence-electron chi connectivity index (χ2n) is 2.53. The van der Waals surface area contributed by atoms with Gasteiger partial charge >= 0.3 is 11.9 Å². The summed E-state index contributed by atoms with van der Waals surface area (Å²) in [6.45, 7) is 1.91. The fraction of sp³-hybridized carbons (Fsp3) is 0.556. The minimum Gasteiger partial charge on any atom is -0.466 e. The molecule has 0 bridgehead atoms. The molecular formula is C9H14O5. The van der Waals surface area contributed by atoms with E-state index in [2.05, 4.69) is 4.74 Å². The van der Waals surface area contributed by atoms with Crippen LogP contribution in [-0.4, -0.2) is 38.9 Å². The molecule has 1 unspecified atom stereocenters. The zero-order valence-corrected chi connectivity index (χ0v) is 8.48. The van der Waals surface area contributed by atoms with Gasteiger partial charge in [-0.2, -0.15) is 0 Å². The van der Waals surface area contributed by atoms with Crippen LogP contribution in [0.25, 0.3) is 0 Å². The fourth-order valence-electron chi connectivity index (χ4n) is 0.520. The molecule has 0 aromatic heterocycles. The fourth-order valence-corrected chi connectivity index (χ4v) is 0.520. The molecule has 14 heavy (non-hydrogen) atoms. The van der Waals surface area contributed by atoms with Gasteiger partial charge in [-0.15, -0.1) is 0 Å². The molecule has 5 heteroatoms. The van der Waals surface area contributed by atoms with Gasteiger partial charge in [0.05, 0.1) is 13.2 Å². The number of hydrogen-bond donors (Lipinski definition) is 0. The van der Waals surface area contributed by atoms with Gasteiger partial charge in [0.2, 0.25) is 0 Å². The largest absolute Gasteiger partial charge is 0.466 e. The van der Waals surface area contributed by atoms with Crippen LogP contribution in [0.5, 0.6) is 0 Å². The number of ether oxygens (including phenoxy) is 3. The molecule has 0 radical (unpaired) electrons. The van der Waals surface area contributed by atoms with Crippen LogP contribution in [-0.2, 0) is 23.8 Å². The lowest BCUT2D eigenvalue weighted by molar-refractivity contribution is -0.141. The van der Waals surface area contributed by atoms with Crippen molar-refractivity contribution in [3.8, 4) is 0 Å². The summed E-state index contributed by atoms with van der Waals surface area (Å²) in [4.78, 5) is 21.5. The van der Waals surface area contributed by atoms with Crippen LogP contribution in [0.3, 0.4) is 0 Å². The first-order chi connectivity index (χ1) is 6.60. The summed E-state index contributed by atoms with van der Waals surface area (Å²) < 4.78 is 13.9. The predicted octanol–water partition coefficient (Wildman–Crippen LogP) is 0.294. The van der Waals surface area contributed by atoms with E-state index >= 15 is 0 Å². The van der Waals surface area contributed by atoms with E-state index in [1.54, 1.807) is 6.92 Å². The minimum atomic E-state index is -0.598. The molecule has 5 nitrogen and oxygen atoms in total. The van der Waals surface area contributed by atoms with Crippen LogP contribution in [0.15, 0.2) is 12.2 Å². The summed E-state index contributed by atoms with van der Waals surface area (Å²) in [5.74, 6) is -1.19. The molecule has 0 heterocycles. The summed E-state index contributed by atoms with van der Waals surface area (Å²) in [7, 11) is 2.74. The molecular weight excluding hydrogens is 188 g/mol. The maximum absolute atomic E-state index is 10.9. The van der Waals surface area contributed by atoms with Gasteiger partial charge in [-0.05, 0) is 6.92 Å². The molecule has 0 N–H and O–H groups in total. The maximum atomic E-state index is 10.9. The summed E-state index contributed by atoms with van der Waals surface area (Å²) in [6, 6.07) is 0. The molecule has 0 aromatic rings. The highest BCUT2D eigenvalue weighted by Gasteiger charge is 2.03. The van der Waals surface area contributed by atoms with E-state index in [9.17, 15) is 9.59 Å². The van der Waals surface area contributed by atoms with Crippen LogP contribution < -0.4 is 0 Å². The Labute approximate surface area is 82.6 Å². The van der Waals surface area contributed by atoms with Gasteiger partial charge in [-0.1, -0.05) is 0 Å². The highest BCUT2D eigenvalue weighted by molar-refractivity contribution is 5.91. The highest BCUT2D eigenvalue weighted by Crippen LogP contribution is 1.91. The highest BCUT2D eigenvalue weighted by atomic mass is 16.6. The molecule has 0 aliphatic rings. The van der Waals surface area contributed by atoms with Crippen molar-refractivity contribution < 1.29 is 23.8 Å². The number of carbonyl (C=O) groups is 2. The first kappa shape index (κ1) is 12.6. The molecule has 0 saturated heterocycles. The standard InChI is InChI=1S/C9H14O5/c1-7(12-2)6-14-9(11)5-4-8(10)13-3/h4-5,7H,6H2,1-3H3/b5-4+. The molecule has 0 saturated carbocycles. The average Bonchev–Trinajstić information content (AvgIpc) is 2.22. The molecule has 0 amide bonds. The van der Waals surface area contributed by atoms with Crippen molar-refractivity contribution in [2.75, 3.05) is 20.8 Å². The van der Waals surface area contributed by atoms with E-state index in [0.717, 1.165) is 12.2 Å². The van der Waals surface area contributed by atoms with E-state index in [1.807, 2.05) is 0 Å². The van der Waals surface area contributed by atoms with E-state index in [1.165, 1.54) is 14.2 Å². The zero-order chi connectivity index (χ0) is 11.0. The first-order valence-electron chi connectivity index (χ1n) is 4.05. The van der Waals surface area contributed by atoms with Crippen molar-refractivity contribution in [2.45, 2.75) is 13.0 Å². The third-order valence-corrected chi connectivity index (χ3v) is 1.42. The Morgan fingerprint density at radius 1 is 1.21 bits per heavy atom. The minimum absolute atomic E-state index is 0.154. The number of methoxy groups -OCH3 is 2. The van der Waals surface area contributed by atoms with Crippen molar-refractivity contribution in [3.05, 3.63) is 12.2 Å². The normalized spacial score (nSPS) is 12.5. The number of carbonyl (C=O) groups excluding carboxylic acids is 2. The van der Waals surface area contributed by atoms with Gasteiger partial charge in [-0.3, -0.25) is 0 Å². The lowest BCUT2D eigenvalue weighted by Crippen LogP contribution is -2.16. The van der Waals surface area contributed by atoms with Crippen molar-refractivity contribution in [3.63, 3.8) is 0 Å². The third-order valence-electron chi connectivity index (χ3n) is 1.42. The molecule has 0 fully saturated rings. The summed E-state index contributed by atoms with van der Waals surface area (Å²) in [5, 5.41) is 0. The lowest BCUT2D eigenvalue weighted by Gasteiger charge is -2.08. The second kappa shape index (κ2) is 7.08. The van der Waals surface area contributed by atoms with Gasteiger partial charge in [0.1, 0.15) is 6.61 Å². The van der Waals surface area contributed by atoms with Gasteiger partial charge in [0.15, 0.2) is 0 Å². The Hall–Kier alpha value is -1.36. The summed E-state index contributed by atoms with van der Waals surface area (Å²) in [5.41, 5.74) is 0. The quantitative estimate of drug-likeness (QED) is 0.473. The lowest BCUT2D eigenvalue weighted by atomic mass is 10.4. The topological polar surface area (TPSA) is 61.8 Å². The Kier molecular flexibility index (Phi) is 6.39. The molecule has 0 spiro atoms. The maximum Gasteiger partial charge on any atom is 0.331 e. The van der Waals surface area contributed by atoms with Crippen LogP contribution >= 0.6 is 0 Å². The van der Waals surface area contributed by atoms with Crippen LogP contribution in [0.2, 0.25) is 0 Å². The second-order valence-corrected chi connectivity index (χ2v) is 2.53. The summed E-state index contributed by atoms with van der Waals surface area (Å²) in [6.07, 6.45) is 1.85. The zero-order valence-electron chi connectivity index (χ0n) is 8.48. The van der Waals surface area contributed by atoms with Gasteiger partial charge < -0.3 is 14.2 Å². The van der Waals surface area contributed by atoms with Gasteiger partial charge in [0, 0.05) is 19.3 Å². The Bertz CT molecular complexity index is 221. The van der Waals surface area contributed by atoms with E-state index in [4.69, 9.17) is 9.47 Å². The van der Waals surface area contributed by atoms with E-state index < -0.39 is 11.9 Å². The van der Waals surface area contributed by atoms with Crippen LogP contribution in [0.1, 0.15) is 6.92 Å². The first-order valence-corrected chi connectivity index (χ1v) is 4.05. The van der Waals surface area contributed by atoms with Crippen molar-refractivity contribution >= 4 is 11.9 Å². The molecule has 0 aliphatic carbocycles. The molecule has 1 atom stereocenters. The Morgan fingerprint density at radius 3 is 2.29 bits per heavy atom. The van der Waals surface area contributed by atoms with E-state index in [0.29, 0.717) is 0 Å². The number of hydrogen-bond acceptors (Lipinski definition) is 5. The van der Waals surface area contributed by atoms with Crippen LogP contribution in [0.4, 0.5) is 0 Å². The monoisotopic (exact) mass is 202 g/mol. The predicted molar refractivity (Wildman–Crippen MR) is 48.6 cm³/mol. The van der Waals surface area contributed by atoms with Crippen LogP contribution in [0, 0.1) is 0 Å². The SMILES string of the molecule is COC(=O)/C=C/C(=O)OCC(C)OC. The van der Waals surface area contributed by atoms with Gasteiger partial charge in [-0.25, -0.2) is 9.59 Å². The molecule has 0 rings (SSSR count). The Balaban J connectivity index is 3.76. The summed E-state index contributed by atoms with van der Waals surface area (Å²) >= 11 is 0. The van der Waals surface area contributed by atoms with Crippen molar-refractivity contribution in [1.82, 2.24) is 0 Å². The molecule has 0 aromatic carbocycles. The van der Waals surface area contributed by atoms with E-state index in [-0.39, 0.29) is 12.7 Å². The average molecular weight is 202 g/mol. The van der Waals surface area contributed by atoms with Crippen molar-refractivity contribution in [1.29, 1.82) is 0 Å². The smallest absolute Gasteiger partial charge is 0.331 e.